The van der Waals surface area contributed by atoms with E-state index < -0.39 is 0 Å². The van der Waals surface area contributed by atoms with Gasteiger partial charge < -0.3 is 5.32 Å². The van der Waals surface area contributed by atoms with Crippen LogP contribution in [0.15, 0.2) is 30.3 Å². The Morgan fingerprint density at radius 2 is 1.85 bits per heavy atom. The molecule has 0 saturated heterocycles. The van der Waals surface area contributed by atoms with Crippen molar-refractivity contribution in [3.63, 3.8) is 0 Å². The van der Waals surface area contributed by atoms with E-state index in [1.165, 1.54) is 25.7 Å². The average Bonchev–Trinajstić information content (AvgIpc) is 2.97. The van der Waals surface area contributed by atoms with Gasteiger partial charge in [0, 0.05) is 13.0 Å². The van der Waals surface area contributed by atoms with Crippen LogP contribution in [0.2, 0.25) is 0 Å². The summed E-state index contributed by atoms with van der Waals surface area (Å²) in [4.78, 5) is 11.7. The second kappa shape index (κ2) is 7.85. The van der Waals surface area contributed by atoms with E-state index in [1.807, 2.05) is 30.3 Å². The second-order valence-electron chi connectivity index (χ2n) is 5.20. The molecule has 4 nitrogen and oxygen atoms in total. The lowest BCUT2D eigenvalue weighted by Crippen LogP contribution is -2.46. The van der Waals surface area contributed by atoms with Gasteiger partial charge in [-0.2, -0.15) is 0 Å². The summed E-state index contributed by atoms with van der Waals surface area (Å²) in [7, 11) is 0. The summed E-state index contributed by atoms with van der Waals surface area (Å²) in [5.41, 5.74) is 6.55. The predicted molar refractivity (Wildman–Crippen MR) is 83.7 cm³/mol. The summed E-state index contributed by atoms with van der Waals surface area (Å²) in [6, 6.07) is 9.99. The molecular weight excluding hydrogens is 270 g/mol. The molecule has 2 rings (SSSR count). The fourth-order valence-corrected chi connectivity index (χ4v) is 2.60. The van der Waals surface area contributed by atoms with Gasteiger partial charge in [0.05, 0.1) is 0 Å². The first kappa shape index (κ1) is 14.8. The maximum atomic E-state index is 11.7. The van der Waals surface area contributed by atoms with Crippen molar-refractivity contribution in [3.8, 4) is 0 Å². The third-order valence-corrected chi connectivity index (χ3v) is 3.81. The van der Waals surface area contributed by atoms with Crippen LogP contribution in [0.5, 0.6) is 0 Å². The highest BCUT2D eigenvalue weighted by atomic mass is 32.1. The first-order valence-corrected chi connectivity index (χ1v) is 7.51. The summed E-state index contributed by atoms with van der Waals surface area (Å²) < 4.78 is 0. The normalized spacial score (nSPS) is 14.8. The van der Waals surface area contributed by atoms with Crippen molar-refractivity contribution in [2.45, 2.75) is 38.6 Å². The van der Waals surface area contributed by atoms with Crippen LogP contribution in [-0.2, 0) is 11.3 Å². The Bertz CT molecular complexity index is 444. The van der Waals surface area contributed by atoms with Crippen LogP contribution >= 0.6 is 12.2 Å². The first-order chi connectivity index (χ1) is 9.74. The van der Waals surface area contributed by atoms with Gasteiger partial charge in [0.25, 0.3) is 0 Å². The van der Waals surface area contributed by atoms with Crippen LogP contribution in [0.1, 0.15) is 37.7 Å². The molecule has 5 heteroatoms. The Morgan fingerprint density at radius 1 is 1.15 bits per heavy atom. The molecule has 0 bridgehead atoms. The maximum Gasteiger partial charge on any atom is 0.238 e. The lowest BCUT2D eigenvalue weighted by Gasteiger charge is -2.13. The summed E-state index contributed by atoms with van der Waals surface area (Å²) >= 11 is 5.12. The van der Waals surface area contributed by atoms with Crippen LogP contribution in [0.3, 0.4) is 0 Å². The molecule has 1 aromatic rings. The van der Waals surface area contributed by atoms with Crippen molar-refractivity contribution in [2.75, 3.05) is 0 Å². The van der Waals surface area contributed by atoms with E-state index in [1.54, 1.807) is 0 Å². The molecule has 108 valence electrons. The molecule has 0 aromatic heterocycles. The molecule has 0 unspecified atom stereocenters. The van der Waals surface area contributed by atoms with Crippen molar-refractivity contribution in [3.05, 3.63) is 35.9 Å². The molecule has 0 radical (unpaired) electrons. The van der Waals surface area contributed by atoms with E-state index >= 15 is 0 Å². The van der Waals surface area contributed by atoms with E-state index in [4.69, 9.17) is 12.2 Å². The minimum absolute atomic E-state index is 0.0146. The molecule has 1 aliphatic carbocycles. The van der Waals surface area contributed by atoms with Gasteiger partial charge in [-0.1, -0.05) is 43.2 Å². The van der Waals surface area contributed by atoms with Crippen molar-refractivity contribution in [1.29, 1.82) is 0 Å². The SMILES string of the molecule is O=C(CC1CCCC1)NNC(=S)NCc1ccccc1. The number of hydrazine groups is 1. The number of carbonyl (C=O) groups is 1. The second-order valence-corrected chi connectivity index (χ2v) is 5.60. The molecule has 0 heterocycles. The van der Waals surface area contributed by atoms with E-state index in [9.17, 15) is 4.79 Å². The average molecular weight is 291 g/mol. The monoisotopic (exact) mass is 291 g/mol. The molecule has 1 amide bonds. The first-order valence-electron chi connectivity index (χ1n) is 7.10. The highest BCUT2D eigenvalue weighted by Gasteiger charge is 2.18. The maximum absolute atomic E-state index is 11.7. The smallest absolute Gasteiger partial charge is 0.238 e. The third-order valence-electron chi connectivity index (χ3n) is 3.56. The van der Waals surface area contributed by atoms with Gasteiger partial charge in [-0.25, -0.2) is 0 Å². The summed E-state index contributed by atoms with van der Waals surface area (Å²) in [6.45, 7) is 0.644. The van der Waals surface area contributed by atoms with E-state index in [2.05, 4.69) is 16.2 Å². The Kier molecular flexibility index (Phi) is 5.80. The van der Waals surface area contributed by atoms with Gasteiger partial charge in [-0.3, -0.25) is 15.6 Å². The fourth-order valence-electron chi connectivity index (χ4n) is 2.48. The fraction of sp³-hybridized carbons (Fsp3) is 0.467. The van der Waals surface area contributed by atoms with Crippen LogP contribution in [0.4, 0.5) is 0 Å². The highest BCUT2D eigenvalue weighted by molar-refractivity contribution is 7.80. The van der Waals surface area contributed by atoms with Gasteiger partial charge >= 0.3 is 0 Å². The van der Waals surface area contributed by atoms with Crippen LogP contribution in [-0.4, -0.2) is 11.0 Å². The van der Waals surface area contributed by atoms with Crippen molar-refractivity contribution < 1.29 is 4.79 Å². The van der Waals surface area contributed by atoms with Crippen molar-refractivity contribution >= 4 is 23.2 Å². The molecule has 3 N–H and O–H groups in total. The summed E-state index contributed by atoms with van der Waals surface area (Å²) in [5.74, 6) is 0.559. The zero-order chi connectivity index (χ0) is 14.2. The van der Waals surface area contributed by atoms with Crippen molar-refractivity contribution in [1.82, 2.24) is 16.2 Å². The Hall–Kier alpha value is -1.62. The van der Waals surface area contributed by atoms with Gasteiger partial charge in [0.1, 0.15) is 0 Å². The summed E-state index contributed by atoms with van der Waals surface area (Å²) in [5, 5.41) is 3.49. The van der Waals surface area contributed by atoms with Gasteiger partial charge in [-0.15, -0.1) is 0 Å². The standard InChI is InChI=1S/C15H21N3OS/c19-14(10-12-6-4-5-7-12)17-18-15(20)16-11-13-8-2-1-3-9-13/h1-3,8-9,12H,4-7,10-11H2,(H,17,19)(H2,16,18,20). The quantitative estimate of drug-likeness (QED) is 0.588. The number of benzene rings is 1. The minimum atomic E-state index is 0.0146. The lowest BCUT2D eigenvalue weighted by atomic mass is 10.0. The molecule has 0 spiro atoms. The van der Waals surface area contributed by atoms with E-state index in [0.29, 0.717) is 24.0 Å². The largest absolute Gasteiger partial charge is 0.357 e. The predicted octanol–water partition coefficient (Wildman–Crippen LogP) is 2.26. The molecule has 20 heavy (non-hydrogen) atoms. The van der Waals surface area contributed by atoms with E-state index in [-0.39, 0.29) is 5.91 Å². The number of carbonyl (C=O) groups excluding carboxylic acids is 1. The van der Waals surface area contributed by atoms with Crippen LogP contribution < -0.4 is 16.2 Å². The van der Waals surface area contributed by atoms with Gasteiger partial charge in [0.15, 0.2) is 5.11 Å². The zero-order valence-electron chi connectivity index (χ0n) is 11.5. The molecule has 0 aliphatic heterocycles. The number of hydrogen-bond donors (Lipinski definition) is 3. The number of rotatable bonds is 4. The van der Waals surface area contributed by atoms with Crippen LogP contribution in [0, 0.1) is 5.92 Å². The number of nitrogens with one attached hydrogen (secondary N) is 3. The number of thiocarbonyl (C=S) groups is 1. The molecule has 1 aromatic carbocycles. The molecule has 1 fully saturated rings. The van der Waals surface area contributed by atoms with Gasteiger partial charge in [-0.05, 0) is 36.5 Å². The van der Waals surface area contributed by atoms with E-state index in [0.717, 1.165) is 5.56 Å². The zero-order valence-corrected chi connectivity index (χ0v) is 12.3. The van der Waals surface area contributed by atoms with Crippen molar-refractivity contribution in [2.24, 2.45) is 5.92 Å². The highest BCUT2D eigenvalue weighted by Crippen LogP contribution is 2.27. The molecule has 1 aliphatic rings. The van der Waals surface area contributed by atoms with Gasteiger partial charge in [0.2, 0.25) is 5.91 Å². The molecule has 1 saturated carbocycles. The Balaban J connectivity index is 1.61. The lowest BCUT2D eigenvalue weighted by molar-refractivity contribution is -0.122. The molecular formula is C15H21N3OS. The topological polar surface area (TPSA) is 53.2 Å². The third kappa shape index (κ3) is 5.17. The molecule has 0 atom stereocenters. The number of hydrogen-bond acceptors (Lipinski definition) is 2. The van der Waals surface area contributed by atoms with Crippen LogP contribution in [0.25, 0.3) is 0 Å². The minimum Gasteiger partial charge on any atom is -0.357 e. The Morgan fingerprint density at radius 3 is 2.55 bits per heavy atom. The Labute approximate surface area is 125 Å². The summed E-state index contributed by atoms with van der Waals surface area (Å²) in [6.07, 6.45) is 5.44. The number of amides is 1.